The number of methoxy groups -OCH3 is 1. The Kier molecular flexibility index (Phi) is 8.87. The second kappa shape index (κ2) is 10.6. The summed E-state index contributed by atoms with van der Waals surface area (Å²) in [6.07, 6.45) is -0.132. The van der Waals surface area contributed by atoms with Crippen molar-refractivity contribution >= 4 is 29.5 Å². The fourth-order valence-electron chi connectivity index (χ4n) is 2.00. The third kappa shape index (κ3) is 9.14. The number of benzene rings is 1. The first-order chi connectivity index (χ1) is 12.6. The molecule has 3 amide bonds. The second-order valence-corrected chi connectivity index (χ2v) is 7.10. The van der Waals surface area contributed by atoms with E-state index in [-0.39, 0.29) is 18.4 Å². The zero-order valence-electron chi connectivity index (χ0n) is 16.0. The Morgan fingerprint density at radius 3 is 2.37 bits per heavy atom. The Bertz CT molecular complexity index is 673. The van der Waals surface area contributed by atoms with E-state index in [1.165, 1.54) is 13.2 Å². The molecule has 0 aliphatic rings. The number of rotatable bonds is 8. The van der Waals surface area contributed by atoms with Gasteiger partial charge in [-0.25, -0.2) is 4.79 Å². The van der Waals surface area contributed by atoms with Gasteiger partial charge in [-0.2, -0.15) is 0 Å². The fourth-order valence-corrected chi connectivity index (χ4v) is 2.17. The van der Waals surface area contributed by atoms with Crippen LogP contribution >= 0.6 is 11.6 Å². The van der Waals surface area contributed by atoms with Crippen LogP contribution in [0, 0.1) is 0 Å². The van der Waals surface area contributed by atoms with E-state index < -0.39 is 11.7 Å². The van der Waals surface area contributed by atoms with Crippen LogP contribution in [-0.2, 0) is 9.53 Å². The maximum Gasteiger partial charge on any atom is 0.408 e. The predicted molar refractivity (Wildman–Crippen MR) is 102 cm³/mol. The summed E-state index contributed by atoms with van der Waals surface area (Å²) in [5, 5.41) is 8.18. The lowest BCUT2D eigenvalue weighted by molar-refractivity contribution is -0.120. The first kappa shape index (κ1) is 22.6. The van der Waals surface area contributed by atoms with Gasteiger partial charge in [0.15, 0.2) is 0 Å². The van der Waals surface area contributed by atoms with Crippen molar-refractivity contribution < 1.29 is 23.9 Å². The Hall–Kier alpha value is -2.48. The Labute approximate surface area is 163 Å². The highest BCUT2D eigenvalue weighted by Crippen LogP contribution is 2.22. The molecule has 0 atom stereocenters. The molecule has 3 N–H and O–H groups in total. The Morgan fingerprint density at radius 2 is 1.74 bits per heavy atom. The van der Waals surface area contributed by atoms with Gasteiger partial charge in [0.25, 0.3) is 5.91 Å². The molecule has 0 fully saturated rings. The van der Waals surface area contributed by atoms with Crippen LogP contribution in [0.25, 0.3) is 0 Å². The lowest BCUT2D eigenvalue weighted by Gasteiger charge is -2.19. The summed E-state index contributed by atoms with van der Waals surface area (Å²) in [5.74, 6) is -0.227. The average Bonchev–Trinajstić information content (AvgIpc) is 2.58. The molecular formula is C18H26ClN3O5. The molecule has 0 spiro atoms. The number of ether oxygens (including phenoxy) is 2. The summed E-state index contributed by atoms with van der Waals surface area (Å²) >= 11 is 5.90. The molecule has 1 rings (SSSR count). The summed E-state index contributed by atoms with van der Waals surface area (Å²) in [7, 11) is 1.47. The van der Waals surface area contributed by atoms with Crippen molar-refractivity contribution in [3.8, 4) is 5.75 Å². The predicted octanol–water partition coefficient (Wildman–Crippen LogP) is 2.11. The van der Waals surface area contributed by atoms with Gasteiger partial charge < -0.3 is 25.4 Å². The minimum atomic E-state index is -0.652. The maximum atomic E-state index is 12.2. The van der Waals surface area contributed by atoms with Gasteiger partial charge in [-0.3, -0.25) is 9.59 Å². The van der Waals surface area contributed by atoms with E-state index in [0.717, 1.165) is 0 Å². The number of hydrogen-bond donors (Lipinski definition) is 3. The number of alkyl carbamates (subject to hydrolysis) is 1. The van der Waals surface area contributed by atoms with E-state index in [1.54, 1.807) is 32.9 Å². The molecule has 150 valence electrons. The van der Waals surface area contributed by atoms with Gasteiger partial charge in [0.1, 0.15) is 11.4 Å². The molecule has 27 heavy (non-hydrogen) atoms. The third-order valence-electron chi connectivity index (χ3n) is 3.16. The number of carbonyl (C=O) groups is 3. The molecule has 1 aromatic rings. The lowest BCUT2D eigenvalue weighted by Crippen LogP contribution is -2.40. The van der Waals surface area contributed by atoms with Crippen molar-refractivity contribution in [2.24, 2.45) is 0 Å². The summed E-state index contributed by atoms with van der Waals surface area (Å²) < 4.78 is 10.2. The summed E-state index contributed by atoms with van der Waals surface area (Å²) in [6.45, 7) is 5.73. The molecule has 0 aliphatic carbocycles. The topological polar surface area (TPSA) is 106 Å². The fraction of sp³-hybridized carbons (Fsp3) is 0.500. The molecule has 0 bridgehead atoms. The number of hydrogen-bond acceptors (Lipinski definition) is 5. The Balaban J connectivity index is 2.25. The van der Waals surface area contributed by atoms with E-state index in [9.17, 15) is 14.4 Å². The average molecular weight is 400 g/mol. The quantitative estimate of drug-likeness (QED) is 0.580. The monoisotopic (exact) mass is 399 g/mol. The molecule has 0 aliphatic heterocycles. The van der Waals surface area contributed by atoms with E-state index in [1.807, 2.05) is 0 Å². The van der Waals surface area contributed by atoms with Crippen LogP contribution in [0.4, 0.5) is 4.79 Å². The highest BCUT2D eigenvalue weighted by molar-refractivity contribution is 6.31. The zero-order chi connectivity index (χ0) is 20.4. The van der Waals surface area contributed by atoms with Crippen LogP contribution in [0.3, 0.4) is 0 Å². The highest BCUT2D eigenvalue weighted by atomic mass is 35.5. The molecule has 8 nitrogen and oxygen atoms in total. The Morgan fingerprint density at radius 1 is 1.07 bits per heavy atom. The number of carbonyl (C=O) groups excluding carboxylic acids is 3. The summed E-state index contributed by atoms with van der Waals surface area (Å²) in [6, 6.07) is 4.78. The summed E-state index contributed by atoms with van der Waals surface area (Å²) in [4.78, 5) is 35.3. The normalized spacial score (nSPS) is 10.7. The minimum Gasteiger partial charge on any atom is -0.496 e. The number of halogens is 1. The minimum absolute atomic E-state index is 0.180. The molecule has 1 aromatic carbocycles. The molecule has 0 radical (unpaired) electrons. The molecule has 0 aromatic heterocycles. The first-order valence-electron chi connectivity index (χ1n) is 8.47. The van der Waals surface area contributed by atoms with Crippen LogP contribution in [0.15, 0.2) is 18.2 Å². The highest BCUT2D eigenvalue weighted by Gasteiger charge is 2.16. The van der Waals surface area contributed by atoms with Crippen molar-refractivity contribution in [1.82, 2.24) is 16.0 Å². The number of nitrogens with one attached hydrogen (secondary N) is 3. The zero-order valence-corrected chi connectivity index (χ0v) is 16.7. The standard InChI is InChI=1S/C18H26ClN3O5/c1-18(2,3)27-17(25)22-11-15(23)20-8-5-9-21-16(24)13-10-12(19)6-7-14(13)26-4/h6-7,10H,5,8-9,11H2,1-4H3,(H,20,23)(H,21,24)(H,22,25). The van der Waals surface area contributed by atoms with Crippen LogP contribution in [0.5, 0.6) is 5.75 Å². The van der Waals surface area contributed by atoms with E-state index >= 15 is 0 Å². The van der Waals surface area contributed by atoms with Crippen LogP contribution < -0.4 is 20.7 Å². The third-order valence-corrected chi connectivity index (χ3v) is 3.39. The van der Waals surface area contributed by atoms with Crippen molar-refractivity contribution in [3.05, 3.63) is 28.8 Å². The smallest absolute Gasteiger partial charge is 0.408 e. The second-order valence-electron chi connectivity index (χ2n) is 6.66. The van der Waals surface area contributed by atoms with Crippen molar-refractivity contribution in [1.29, 1.82) is 0 Å². The van der Waals surface area contributed by atoms with Gasteiger partial charge in [0.05, 0.1) is 19.2 Å². The molecule has 9 heteroatoms. The van der Waals surface area contributed by atoms with Crippen molar-refractivity contribution in [2.45, 2.75) is 32.8 Å². The largest absolute Gasteiger partial charge is 0.496 e. The van der Waals surface area contributed by atoms with E-state index in [4.69, 9.17) is 21.1 Å². The van der Waals surface area contributed by atoms with Gasteiger partial charge >= 0.3 is 6.09 Å². The van der Waals surface area contributed by atoms with Gasteiger partial charge in [0.2, 0.25) is 5.91 Å². The van der Waals surface area contributed by atoms with Gasteiger partial charge in [-0.1, -0.05) is 11.6 Å². The van der Waals surface area contributed by atoms with Gasteiger partial charge in [-0.05, 0) is 45.4 Å². The van der Waals surface area contributed by atoms with Crippen LogP contribution in [-0.4, -0.2) is 50.3 Å². The first-order valence-corrected chi connectivity index (χ1v) is 8.85. The molecule has 0 saturated carbocycles. The molecule has 0 unspecified atom stereocenters. The molecule has 0 saturated heterocycles. The lowest BCUT2D eigenvalue weighted by atomic mass is 10.2. The number of amides is 3. The summed E-state index contributed by atoms with van der Waals surface area (Å²) in [5.41, 5.74) is -0.277. The van der Waals surface area contributed by atoms with Crippen molar-refractivity contribution in [3.63, 3.8) is 0 Å². The van der Waals surface area contributed by atoms with Crippen molar-refractivity contribution in [2.75, 3.05) is 26.7 Å². The van der Waals surface area contributed by atoms with Crippen LogP contribution in [0.2, 0.25) is 5.02 Å². The van der Waals surface area contributed by atoms with Gasteiger partial charge in [-0.15, -0.1) is 0 Å². The molecule has 0 heterocycles. The van der Waals surface area contributed by atoms with E-state index in [2.05, 4.69) is 16.0 Å². The maximum absolute atomic E-state index is 12.2. The van der Waals surface area contributed by atoms with Gasteiger partial charge in [0, 0.05) is 18.1 Å². The SMILES string of the molecule is COc1ccc(Cl)cc1C(=O)NCCCNC(=O)CNC(=O)OC(C)(C)C. The molecular weight excluding hydrogens is 374 g/mol. The van der Waals surface area contributed by atoms with Crippen LogP contribution in [0.1, 0.15) is 37.6 Å². The van der Waals surface area contributed by atoms with E-state index in [0.29, 0.717) is 35.8 Å².